The lowest BCUT2D eigenvalue weighted by Gasteiger charge is -2.21. The Morgan fingerprint density at radius 2 is 1.61 bits per heavy atom. The van der Waals surface area contributed by atoms with E-state index in [4.69, 9.17) is 37.0 Å². The van der Waals surface area contributed by atoms with Crippen molar-refractivity contribution in [1.82, 2.24) is 0 Å². The van der Waals surface area contributed by atoms with Gasteiger partial charge in [0.25, 0.3) is 0 Å². The fourth-order valence-corrected chi connectivity index (χ4v) is 2.63. The molecule has 0 N–H and O–H groups in total. The second-order valence-corrected chi connectivity index (χ2v) is 6.34. The molecule has 0 radical (unpaired) electrons. The minimum absolute atomic E-state index is 0.0407. The molecule has 0 atom stereocenters. The fourth-order valence-electron chi connectivity index (χ4n) is 1.03. The van der Waals surface area contributed by atoms with Gasteiger partial charge in [-0.25, -0.2) is 4.57 Å². The van der Waals surface area contributed by atoms with E-state index >= 15 is 0 Å². The Hall–Kier alpha value is 0.200. The Morgan fingerprint density at radius 1 is 1.11 bits per heavy atom. The van der Waals surface area contributed by atoms with E-state index in [9.17, 15) is 4.57 Å². The van der Waals surface area contributed by atoms with Crippen molar-refractivity contribution < 1.29 is 18.3 Å². The molecule has 0 aliphatic heterocycles. The minimum Gasteiger partial charge on any atom is -0.479 e. The lowest BCUT2D eigenvalue weighted by atomic mass is 10.3. The molecule has 0 heterocycles. The summed E-state index contributed by atoms with van der Waals surface area (Å²) in [5, 5.41) is 0. The molecule has 0 saturated carbocycles. The second-order valence-electron chi connectivity index (χ2n) is 3.20. The first-order valence-electron chi connectivity index (χ1n) is 5.85. The summed E-state index contributed by atoms with van der Waals surface area (Å²) in [4.78, 5) is 0. The SMILES string of the molecule is CCOC(=NP(=O)(OCC)OCC)C(Cl)(Cl)CC. The molecule has 108 valence electrons. The molecule has 8 heteroatoms. The van der Waals surface area contributed by atoms with Crippen LogP contribution in [0.2, 0.25) is 0 Å². The fraction of sp³-hybridized carbons (Fsp3) is 0.900. The van der Waals surface area contributed by atoms with Gasteiger partial charge in [-0.15, -0.1) is 4.76 Å². The van der Waals surface area contributed by atoms with Gasteiger partial charge in [-0.05, 0) is 27.2 Å². The standard InChI is InChI=1S/C10H20Cl2NO4P/c1-5-10(11,12)9(15-6-2)13-18(14,16-7-3)17-8-4/h5-8H2,1-4H3. The first-order valence-corrected chi connectivity index (χ1v) is 8.10. The summed E-state index contributed by atoms with van der Waals surface area (Å²) in [5.41, 5.74) is 0. The van der Waals surface area contributed by atoms with Crippen LogP contribution in [0.5, 0.6) is 0 Å². The molecule has 0 aromatic heterocycles. The van der Waals surface area contributed by atoms with Crippen molar-refractivity contribution in [3.05, 3.63) is 0 Å². The molecule has 0 aliphatic carbocycles. The number of alkyl halides is 2. The molecule has 0 rings (SSSR count). The van der Waals surface area contributed by atoms with Crippen LogP contribution in [0.25, 0.3) is 0 Å². The first kappa shape index (κ1) is 18.2. The molecule has 0 fully saturated rings. The summed E-state index contributed by atoms with van der Waals surface area (Å²) in [6.07, 6.45) is 0.354. The highest BCUT2D eigenvalue weighted by Gasteiger charge is 2.35. The van der Waals surface area contributed by atoms with Crippen LogP contribution in [0.15, 0.2) is 4.76 Å². The third kappa shape index (κ3) is 5.89. The van der Waals surface area contributed by atoms with Crippen molar-refractivity contribution in [1.29, 1.82) is 0 Å². The summed E-state index contributed by atoms with van der Waals surface area (Å²) in [6.45, 7) is 7.60. The molecule has 0 aromatic carbocycles. The first-order chi connectivity index (χ1) is 8.35. The number of ether oxygens (including phenoxy) is 1. The number of rotatable bonds is 8. The van der Waals surface area contributed by atoms with E-state index in [0.29, 0.717) is 13.0 Å². The highest BCUT2D eigenvalue weighted by atomic mass is 35.5. The van der Waals surface area contributed by atoms with Gasteiger partial charge in [0.1, 0.15) is 0 Å². The van der Waals surface area contributed by atoms with Crippen LogP contribution in [-0.2, 0) is 18.3 Å². The number of halogens is 2. The van der Waals surface area contributed by atoms with Gasteiger partial charge in [0, 0.05) is 0 Å². The van der Waals surface area contributed by atoms with Crippen LogP contribution in [0, 0.1) is 0 Å². The van der Waals surface area contributed by atoms with Crippen LogP contribution in [0.3, 0.4) is 0 Å². The molecule has 18 heavy (non-hydrogen) atoms. The average Bonchev–Trinajstić information content (AvgIpc) is 2.29. The number of hydrogen-bond acceptors (Lipinski definition) is 4. The van der Waals surface area contributed by atoms with Gasteiger partial charge in [-0.1, -0.05) is 30.1 Å². The molecule has 0 unspecified atom stereocenters. The van der Waals surface area contributed by atoms with E-state index < -0.39 is 12.1 Å². The molecule has 0 aliphatic rings. The van der Waals surface area contributed by atoms with Gasteiger partial charge in [0.2, 0.25) is 5.90 Å². The second kappa shape index (κ2) is 8.39. The Morgan fingerprint density at radius 3 is 1.94 bits per heavy atom. The normalized spacial score (nSPS) is 13.8. The molecule has 0 aromatic rings. The highest BCUT2D eigenvalue weighted by Crippen LogP contribution is 2.51. The number of hydrogen-bond donors (Lipinski definition) is 0. The molecule has 0 saturated heterocycles. The average molecular weight is 320 g/mol. The quantitative estimate of drug-likeness (QED) is 0.291. The molecular formula is C10H20Cl2NO4P. The lowest BCUT2D eigenvalue weighted by Crippen LogP contribution is -2.28. The van der Waals surface area contributed by atoms with Gasteiger partial charge >= 0.3 is 7.75 Å². The zero-order valence-electron chi connectivity index (χ0n) is 11.1. The third-order valence-corrected chi connectivity index (χ3v) is 4.29. The summed E-state index contributed by atoms with van der Waals surface area (Å²) in [7, 11) is -3.62. The summed E-state index contributed by atoms with van der Waals surface area (Å²) >= 11 is 12.1. The van der Waals surface area contributed by atoms with E-state index in [1.807, 2.05) is 0 Å². The van der Waals surface area contributed by atoms with Crippen LogP contribution in [-0.4, -0.2) is 30.1 Å². The van der Waals surface area contributed by atoms with E-state index in [0.717, 1.165) is 0 Å². The summed E-state index contributed by atoms with van der Waals surface area (Å²) in [5.74, 6) is -0.0407. The zero-order chi connectivity index (χ0) is 14.2. The topological polar surface area (TPSA) is 57.1 Å². The van der Waals surface area contributed by atoms with Crippen molar-refractivity contribution >= 4 is 36.8 Å². The van der Waals surface area contributed by atoms with Gasteiger partial charge in [-0.2, -0.15) is 0 Å². The van der Waals surface area contributed by atoms with Crippen molar-refractivity contribution in [3.8, 4) is 0 Å². The van der Waals surface area contributed by atoms with E-state index in [1.54, 1.807) is 27.7 Å². The summed E-state index contributed by atoms with van der Waals surface area (Å²) < 4.78 is 30.1. The van der Waals surface area contributed by atoms with Gasteiger partial charge in [0.05, 0.1) is 19.8 Å². The van der Waals surface area contributed by atoms with E-state index in [2.05, 4.69) is 4.76 Å². The Kier molecular flexibility index (Phi) is 8.48. The maximum Gasteiger partial charge on any atom is 0.456 e. The highest BCUT2D eigenvalue weighted by molar-refractivity contribution is 7.52. The van der Waals surface area contributed by atoms with Crippen molar-refractivity contribution in [2.45, 2.75) is 38.4 Å². The number of nitrogens with zero attached hydrogens (tertiary/aromatic N) is 1. The molecular weight excluding hydrogens is 300 g/mol. The zero-order valence-corrected chi connectivity index (χ0v) is 13.5. The van der Waals surface area contributed by atoms with Crippen LogP contribution < -0.4 is 0 Å². The predicted molar refractivity (Wildman–Crippen MR) is 74.6 cm³/mol. The monoisotopic (exact) mass is 319 g/mol. The van der Waals surface area contributed by atoms with Crippen molar-refractivity contribution in [2.24, 2.45) is 4.76 Å². The maximum atomic E-state index is 12.2. The van der Waals surface area contributed by atoms with Crippen LogP contribution in [0.1, 0.15) is 34.1 Å². The maximum absolute atomic E-state index is 12.2. The smallest absolute Gasteiger partial charge is 0.456 e. The van der Waals surface area contributed by atoms with Crippen molar-refractivity contribution in [2.75, 3.05) is 19.8 Å². The van der Waals surface area contributed by atoms with Gasteiger partial charge < -0.3 is 4.74 Å². The Balaban J connectivity index is 5.28. The van der Waals surface area contributed by atoms with Crippen molar-refractivity contribution in [3.63, 3.8) is 0 Å². The molecule has 0 amide bonds. The minimum atomic E-state index is -3.62. The van der Waals surface area contributed by atoms with Crippen LogP contribution in [0.4, 0.5) is 0 Å². The summed E-state index contributed by atoms with van der Waals surface area (Å²) in [6, 6.07) is 0. The van der Waals surface area contributed by atoms with Gasteiger partial charge in [-0.3, -0.25) is 9.05 Å². The third-order valence-electron chi connectivity index (χ3n) is 1.84. The van der Waals surface area contributed by atoms with Crippen LogP contribution >= 0.6 is 30.9 Å². The van der Waals surface area contributed by atoms with Gasteiger partial charge in [0.15, 0.2) is 4.33 Å². The molecule has 0 spiro atoms. The van der Waals surface area contributed by atoms with E-state index in [1.165, 1.54) is 0 Å². The predicted octanol–water partition coefficient (Wildman–Crippen LogP) is 4.19. The van der Waals surface area contributed by atoms with E-state index in [-0.39, 0.29) is 19.1 Å². The lowest BCUT2D eigenvalue weighted by molar-refractivity contribution is 0.219. The largest absolute Gasteiger partial charge is 0.479 e. The Labute approximate surface area is 118 Å². The molecule has 0 bridgehead atoms. The Bertz CT molecular complexity index is 313. The molecule has 5 nitrogen and oxygen atoms in total.